The number of benzene rings is 1. The number of hydrogen-bond acceptors (Lipinski definition) is 6. The molecule has 8 heteroatoms. The Labute approximate surface area is 208 Å². The van der Waals surface area contributed by atoms with Crippen molar-refractivity contribution in [1.29, 1.82) is 0 Å². The van der Waals surface area contributed by atoms with E-state index in [0.29, 0.717) is 30.3 Å². The number of amides is 2. The summed E-state index contributed by atoms with van der Waals surface area (Å²) in [6.07, 6.45) is 4.55. The fourth-order valence-corrected chi connectivity index (χ4v) is 6.33. The van der Waals surface area contributed by atoms with E-state index in [1.54, 1.807) is 17.5 Å². The number of likely N-dealkylation sites (tertiary alicyclic amines) is 1. The third-order valence-corrected chi connectivity index (χ3v) is 8.15. The molecule has 2 aliphatic rings. The molecule has 5 rings (SSSR count). The summed E-state index contributed by atoms with van der Waals surface area (Å²) in [6.45, 7) is 6.45. The molecule has 1 N–H and O–H groups in total. The minimum Gasteiger partial charge on any atom is -0.489 e. The highest BCUT2D eigenvalue weighted by atomic mass is 35.5. The highest BCUT2D eigenvalue weighted by Gasteiger charge is 2.30. The third kappa shape index (κ3) is 4.44. The lowest BCUT2D eigenvalue weighted by Crippen LogP contribution is -2.42. The van der Waals surface area contributed by atoms with Gasteiger partial charge >= 0.3 is 0 Å². The molecule has 6 nitrogen and oxygen atoms in total. The van der Waals surface area contributed by atoms with Gasteiger partial charge in [-0.15, -0.1) is 11.3 Å². The summed E-state index contributed by atoms with van der Waals surface area (Å²) in [6, 6.07) is 7.88. The maximum Gasteiger partial charge on any atom is 0.230 e. The van der Waals surface area contributed by atoms with Gasteiger partial charge in [0.2, 0.25) is 11.8 Å². The van der Waals surface area contributed by atoms with Gasteiger partial charge in [0, 0.05) is 52.5 Å². The first-order valence-electron chi connectivity index (χ1n) is 11.8. The van der Waals surface area contributed by atoms with Gasteiger partial charge < -0.3 is 10.1 Å². The number of pyridine rings is 1. The van der Waals surface area contributed by atoms with Gasteiger partial charge in [0.15, 0.2) is 0 Å². The Hall–Kier alpha value is -2.48. The molecule has 0 spiro atoms. The van der Waals surface area contributed by atoms with Gasteiger partial charge in [-0.1, -0.05) is 18.5 Å². The molecule has 1 aromatic carbocycles. The quantitative estimate of drug-likeness (QED) is 0.465. The normalized spacial score (nSPS) is 21.0. The maximum absolute atomic E-state index is 12.1. The zero-order chi connectivity index (χ0) is 23.8. The summed E-state index contributed by atoms with van der Waals surface area (Å²) in [7, 11) is 0. The Morgan fingerprint density at radius 3 is 2.76 bits per heavy atom. The minimum absolute atomic E-state index is 0.107. The number of aromatic nitrogens is 1. The zero-order valence-corrected chi connectivity index (χ0v) is 21.0. The number of halogens is 1. The first-order valence-corrected chi connectivity index (χ1v) is 13.0. The summed E-state index contributed by atoms with van der Waals surface area (Å²) in [4.78, 5) is 31.1. The smallest absolute Gasteiger partial charge is 0.230 e. The van der Waals surface area contributed by atoms with Crippen LogP contribution in [0.25, 0.3) is 21.3 Å². The van der Waals surface area contributed by atoms with Crippen LogP contribution >= 0.6 is 22.9 Å². The number of ether oxygens (including phenoxy) is 1. The lowest BCUT2D eigenvalue weighted by atomic mass is 9.93. The van der Waals surface area contributed by atoms with Gasteiger partial charge in [-0.05, 0) is 56.1 Å². The van der Waals surface area contributed by atoms with E-state index in [2.05, 4.69) is 17.2 Å². The van der Waals surface area contributed by atoms with Gasteiger partial charge in [0.25, 0.3) is 0 Å². The lowest BCUT2D eigenvalue weighted by molar-refractivity contribution is -0.138. The molecule has 3 aromatic rings. The molecule has 34 heavy (non-hydrogen) atoms. The van der Waals surface area contributed by atoms with Crippen molar-refractivity contribution in [1.82, 2.24) is 15.2 Å². The predicted molar refractivity (Wildman–Crippen MR) is 135 cm³/mol. The number of fused-ring (bicyclic) bond motifs is 1. The topological polar surface area (TPSA) is 71.5 Å². The average molecular weight is 498 g/mol. The van der Waals surface area contributed by atoms with Crippen molar-refractivity contribution in [2.24, 2.45) is 5.92 Å². The van der Waals surface area contributed by atoms with Crippen LogP contribution < -0.4 is 10.1 Å². The Morgan fingerprint density at radius 1 is 1.21 bits per heavy atom. The zero-order valence-electron chi connectivity index (χ0n) is 19.4. The fraction of sp³-hybridized carbons (Fsp3) is 0.423. The van der Waals surface area contributed by atoms with E-state index in [4.69, 9.17) is 16.3 Å². The van der Waals surface area contributed by atoms with Gasteiger partial charge in [0.05, 0.1) is 16.8 Å². The van der Waals surface area contributed by atoms with Crippen LogP contribution in [-0.4, -0.2) is 40.9 Å². The molecule has 0 aliphatic carbocycles. The van der Waals surface area contributed by atoms with Crippen molar-refractivity contribution in [3.05, 3.63) is 45.9 Å². The number of rotatable bonds is 6. The average Bonchev–Trinajstić information content (AvgIpc) is 3.38. The van der Waals surface area contributed by atoms with Crippen LogP contribution in [0, 0.1) is 12.8 Å². The Morgan fingerprint density at radius 2 is 2.00 bits per heavy atom. The van der Waals surface area contributed by atoms with Crippen molar-refractivity contribution in [2.75, 3.05) is 13.1 Å². The van der Waals surface area contributed by atoms with Gasteiger partial charge in [-0.25, -0.2) is 0 Å². The van der Waals surface area contributed by atoms with E-state index in [0.717, 1.165) is 63.5 Å². The molecule has 0 radical (unpaired) electrons. The number of carbonyl (C=O) groups excluding carboxylic acids is 2. The van der Waals surface area contributed by atoms with Crippen LogP contribution in [0.15, 0.2) is 30.5 Å². The van der Waals surface area contributed by atoms with Crippen molar-refractivity contribution >= 4 is 45.0 Å². The van der Waals surface area contributed by atoms with E-state index in [1.165, 1.54) is 4.90 Å². The van der Waals surface area contributed by atoms with Crippen molar-refractivity contribution in [3.8, 4) is 16.9 Å². The second-order valence-corrected chi connectivity index (χ2v) is 10.6. The van der Waals surface area contributed by atoms with Crippen LogP contribution in [-0.2, 0) is 16.1 Å². The molecule has 2 amide bonds. The van der Waals surface area contributed by atoms with E-state index in [9.17, 15) is 9.59 Å². The molecular formula is C26H28ClN3O3S. The van der Waals surface area contributed by atoms with Crippen molar-refractivity contribution < 1.29 is 14.3 Å². The molecule has 0 saturated carbocycles. The van der Waals surface area contributed by atoms with Crippen LogP contribution in [0.4, 0.5) is 0 Å². The van der Waals surface area contributed by atoms with Crippen LogP contribution in [0.5, 0.6) is 5.75 Å². The molecule has 4 heterocycles. The van der Waals surface area contributed by atoms with Gasteiger partial charge in [0.1, 0.15) is 11.9 Å². The van der Waals surface area contributed by atoms with E-state index in [1.807, 2.05) is 31.2 Å². The van der Waals surface area contributed by atoms with Crippen molar-refractivity contribution in [2.45, 2.75) is 52.2 Å². The monoisotopic (exact) mass is 497 g/mol. The first kappa shape index (κ1) is 23.3. The van der Waals surface area contributed by atoms with Crippen LogP contribution in [0.2, 0.25) is 5.02 Å². The number of hydrogen-bond donors (Lipinski definition) is 1. The second kappa shape index (κ2) is 9.64. The molecular weight excluding hydrogens is 470 g/mol. The third-order valence-electron chi connectivity index (χ3n) is 6.79. The Kier molecular flexibility index (Phi) is 6.60. The molecule has 2 unspecified atom stereocenters. The Bertz CT molecular complexity index is 1240. The summed E-state index contributed by atoms with van der Waals surface area (Å²) in [5, 5.41) is 4.13. The minimum atomic E-state index is -0.107. The highest BCUT2D eigenvalue weighted by Crippen LogP contribution is 2.42. The number of thiophene rings is 1. The lowest BCUT2D eigenvalue weighted by Gasteiger charge is -2.33. The standard InChI is InChI=1S/C26H28ClN3O3S/c1-3-16-13-28-8-7-22(16)33-25-15(2)10-17(27)11-20(25)19-6-9-29-21-12-18(34-26(19)21)14-30-23(31)4-5-24(30)32/h6,9-12,16,22,28H,3-5,7-8,13-14H2,1-2H3. The Balaban J connectivity index is 1.55. The van der Waals surface area contributed by atoms with Crippen LogP contribution in [0.1, 0.15) is 43.0 Å². The first-order chi connectivity index (χ1) is 16.4. The number of nitrogens with zero attached hydrogens (tertiary/aromatic N) is 2. The summed E-state index contributed by atoms with van der Waals surface area (Å²) in [5.41, 5.74) is 3.80. The molecule has 2 aromatic heterocycles. The predicted octanol–water partition coefficient (Wildman–Crippen LogP) is 5.34. The summed E-state index contributed by atoms with van der Waals surface area (Å²) < 4.78 is 7.71. The summed E-state index contributed by atoms with van der Waals surface area (Å²) >= 11 is 8.08. The van der Waals surface area contributed by atoms with Crippen molar-refractivity contribution in [3.63, 3.8) is 0 Å². The number of carbonyl (C=O) groups is 2. The van der Waals surface area contributed by atoms with E-state index >= 15 is 0 Å². The molecule has 178 valence electrons. The summed E-state index contributed by atoms with van der Waals surface area (Å²) in [5.74, 6) is 1.11. The SMILES string of the molecule is CCC1CNCCC1Oc1c(C)cc(Cl)cc1-c1ccnc2cc(CN3C(=O)CCC3=O)sc12. The number of piperidine rings is 1. The largest absolute Gasteiger partial charge is 0.489 e. The van der Waals surface area contributed by atoms with Gasteiger partial charge in [-0.3, -0.25) is 19.5 Å². The maximum atomic E-state index is 12.1. The fourth-order valence-electron chi connectivity index (χ4n) is 4.93. The molecule has 2 saturated heterocycles. The molecule has 2 atom stereocenters. The molecule has 2 aliphatic heterocycles. The number of imide groups is 1. The number of nitrogens with one attached hydrogen (secondary N) is 1. The van der Waals surface area contributed by atoms with E-state index < -0.39 is 0 Å². The van der Waals surface area contributed by atoms with Crippen LogP contribution in [0.3, 0.4) is 0 Å². The number of aryl methyl sites for hydroxylation is 1. The van der Waals surface area contributed by atoms with Gasteiger partial charge in [-0.2, -0.15) is 0 Å². The van der Waals surface area contributed by atoms with E-state index in [-0.39, 0.29) is 17.9 Å². The molecule has 0 bridgehead atoms. The highest BCUT2D eigenvalue weighted by molar-refractivity contribution is 7.19. The second-order valence-electron chi connectivity index (χ2n) is 9.08. The molecule has 2 fully saturated rings.